The molecule has 0 saturated heterocycles. The Morgan fingerprint density at radius 3 is 2.80 bits per heavy atom. The number of carbonyl (C=O) groups is 1. The maximum absolute atomic E-state index is 9.41. The summed E-state index contributed by atoms with van der Waals surface area (Å²) >= 11 is 0. The third-order valence-corrected chi connectivity index (χ3v) is 4.28. The van der Waals surface area contributed by atoms with E-state index in [9.17, 15) is 5.11 Å². The van der Waals surface area contributed by atoms with Gasteiger partial charge in [0, 0.05) is 49.8 Å². The van der Waals surface area contributed by atoms with Gasteiger partial charge in [-0.3, -0.25) is 4.79 Å². The number of hydrogen-bond acceptors (Lipinski definition) is 5. The molecule has 2 aromatic rings. The average Bonchev–Trinajstić information content (AvgIpc) is 3.11. The highest BCUT2D eigenvalue weighted by Crippen LogP contribution is 2.35. The van der Waals surface area contributed by atoms with Crippen LogP contribution in [0.4, 0.5) is 0 Å². The highest BCUT2D eigenvalue weighted by atomic mass is 16.5. The summed E-state index contributed by atoms with van der Waals surface area (Å²) in [5, 5.41) is 16.8. The minimum absolute atomic E-state index is 0.281. The number of aliphatic hydroxyl groups is 1. The van der Waals surface area contributed by atoms with Gasteiger partial charge in [-0.2, -0.15) is 0 Å². The Bertz CT molecular complexity index is 682. The number of nitrogens with zero attached hydrogens (tertiary/aromatic N) is 3. The van der Waals surface area contributed by atoms with E-state index in [0.29, 0.717) is 17.8 Å². The Labute approximate surface area is 147 Å². The van der Waals surface area contributed by atoms with Gasteiger partial charge >= 0.3 is 0 Å². The first-order chi connectivity index (χ1) is 12.0. The second kappa shape index (κ2) is 9.17. The third-order valence-electron chi connectivity index (χ3n) is 4.28. The highest BCUT2D eigenvalue weighted by Gasteiger charge is 2.24. The van der Waals surface area contributed by atoms with Crippen LogP contribution < -0.4 is 4.74 Å². The Morgan fingerprint density at radius 1 is 1.36 bits per heavy atom. The van der Waals surface area contributed by atoms with Gasteiger partial charge in [-0.05, 0) is 31.2 Å². The van der Waals surface area contributed by atoms with E-state index < -0.39 is 5.97 Å². The predicted molar refractivity (Wildman–Crippen MR) is 93.4 cm³/mol. The molecule has 2 atom stereocenters. The number of aliphatic carboxylic acids is 1. The second-order valence-electron chi connectivity index (χ2n) is 6.13. The van der Waals surface area contributed by atoms with Gasteiger partial charge in [-0.15, -0.1) is 0 Å². The Hall–Kier alpha value is -2.41. The van der Waals surface area contributed by atoms with Gasteiger partial charge < -0.3 is 19.5 Å². The van der Waals surface area contributed by atoms with E-state index in [1.165, 1.54) is 0 Å². The molecule has 2 N–H and O–H groups in total. The number of pyridine rings is 1. The van der Waals surface area contributed by atoms with Crippen molar-refractivity contribution in [3.8, 4) is 17.3 Å². The minimum Gasteiger partial charge on any atom is -0.481 e. The van der Waals surface area contributed by atoms with E-state index in [2.05, 4.69) is 14.5 Å². The van der Waals surface area contributed by atoms with Crippen LogP contribution in [-0.2, 0) is 4.79 Å². The summed E-state index contributed by atoms with van der Waals surface area (Å²) in [5.74, 6) is 1.11. The van der Waals surface area contributed by atoms with Crippen LogP contribution in [0.15, 0.2) is 30.7 Å². The number of aliphatic hydroxyl groups excluding tert-OH is 1. The predicted octanol–water partition coefficient (Wildman–Crippen LogP) is 2.77. The number of imidazole rings is 1. The quantitative estimate of drug-likeness (QED) is 0.882. The molecular weight excluding hydrogens is 322 g/mol. The lowest BCUT2D eigenvalue weighted by Gasteiger charge is -2.30. The summed E-state index contributed by atoms with van der Waals surface area (Å²) in [6, 6.07) is 4.27. The summed E-state index contributed by atoms with van der Waals surface area (Å²) in [7, 11) is 1.62. The molecule has 0 amide bonds. The molecule has 136 valence electrons. The zero-order valence-corrected chi connectivity index (χ0v) is 14.6. The molecule has 0 aromatic carbocycles. The first-order valence-electron chi connectivity index (χ1n) is 8.38. The summed E-state index contributed by atoms with van der Waals surface area (Å²) in [6.07, 6.45) is 10.1. The first-order valence-corrected chi connectivity index (χ1v) is 8.38. The molecule has 0 bridgehead atoms. The summed E-state index contributed by atoms with van der Waals surface area (Å²) < 4.78 is 7.42. The SMILES string of the molecule is CC(=O)O.COc1cc(-c2nccn2[C@@H]2CCC[C@@H](CO)C2)ccn1. The number of hydrogen-bond donors (Lipinski definition) is 2. The lowest BCUT2D eigenvalue weighted by molar-refractivity contribution is -0.134. The van der Waals surface area contributed by atoms with Crippen molar-refractivity contribution >= 4 is 5.97 Å². The van der Waals surface area contributed by atoms with E-state index >= 15 is 0 Å². The van der Waals surface area contributed by atoms with Crippen LogP contribution in [0.5, 0.6) is 5.88 Å². The van der Waals surface area contributed by atoms with Gasteiger partial charge in [0.15, 0.2) is 0 Å². The summed E-state index contributed by atoms with van der Waals surface area (Å²) in [6.45, 7) is 1.36. The fraction of sp³-hybridized carbons (Fsp3) is 0.500. The molecule has 0 spiro atoms. The van der Waals surface area contributed by atoms with Gasteiger partial charge in [0.2, 0.25) is 5.88 Å². The van der Waals surface area contributed by atoms with E-state index in [1.807, 2.05) is 24.5 Å². The van der Waals surface area contributed by atoms with Gasteiger partial charge in [0.1, 0.15) is 5.82 Å². The van der Waals surface area contributed by atoms with Gasteiger partial charge in [-0.25, -0.2) is 9.97 Å². The fourth-order valence-electron chi connectivity index (χ4n) is 3.17. The normalized spacial score (nSPS) is 19.6. The van der Waals surface area contributed by atoms with Crippen molar-refractivity contribution in [2.75, 3.05) is 13.7 Å². The van der Waals surface area contributed by atoms with Crippen LogP contribution in [0.2, 0.25) is 0 Å². The molecule has 0 unspecified atom stereocenters. The molecule has 1 saturated carbocycles. The molecule has 7 nitrogen and oxygen atoms in total. The number of aromatic nitrogens is 3. The van der Waals surface area contributed by atoms with E-state index in [-0.39, 0.29) is 6.61 Å². The van der Waals surface area contributed by atoms with E-state index in [0.717, 1.165) is 44.0 Å². The topological polar surface area (TPSA) is 97.5 Å². The van der Waals surface area contributed by atoms with E-state index in [4.69, 9.17) is 14.6 Å². The molecule has 2 heterocycles. The standard InChI is InChI=1S/C16H21N3O2.C2H4O2/c1-21-15-10-13(5-6-17-15)16-18-7-8-19(16)14-4-2-3-12(9-14)11-20;1-2(3)4/h5-8,10,12,14,20H,2-4,9,11H2,1H3;1H3,(H,3,4)/t12-,14-;/m1./s1. The van der Waals surface area contributed by atoms with Crippen molar-refractivity contribution in [1.82, 2.24) is 14.5 Å². The molecule has 1 fully saturated rings. The molecule has 0 radical (unpaired) electrons. The number of carboxylic acid groups (broad SMARTS) is 1. The molecule has 25 heavy (non-hydrogen) atoms. The number of carboxylic acids is 1. The largest absolute Gasteiger partial charge is 0.481 e. The lowest BCUT2D eigenvalue weighted by Crippen LogP contribution is -2.21. The average molecular weight is 347 g/mol. The van der Waals surface area contributed by atoms with Crippen LogP contribution in [0.1, 0.15) is 38.6 Å². The maximum atomic E-state index is 9.41. The van der Waals surface area contributed by atoms with Gasteiger partial charge in [0.25, 0.3) is 5.97 Å². The summed E-state index contributed by atoms with van der Waals surface area (Å²) in [5.41, 5.74) is 1.01. The number of ether oxygens (including phenoxy) is 1. The third kappa shape index (κ3) is 5.29. The van der Waals surface area contributed by atoms with Crippen molar-refractivity contribution in [2.24, 2.45) is 5.92 Å². The number of methoxy groups -OCH3 is 1. The summed E-state index contributed by atoms with van der Waals surface area (Å²) in [4.78, 5) is 17.6. The Morgan fingerprint density at radius 2 is 2.12 bits per heavy atom. The van der Waals surface area contributed by atoms with Gasteiger partial charge in [-0.1, -0.05) is 6.42 Å². The molecular formula is C18H25N3O4. The monoisotopic (exact) mass is 347 g/mol. The van der Waals surface area contributed by atoms with Crippen LogP contribution in [-0.4, -0.2) is 44.4 Å². The highest BCUT2D eigenvalue weighted by molar-refractivity contribution is 5.63. The zero-order chi connectivity index (χ0) is 18.2. The van der Waals surface area contributed by atoms with Crippen molar-refractivity contribution < 1.29 is 19.7 Å². The molecule has 1 aliphatic rings. The zero-order valence-electron chi connectivity index (χ0n) is 14.6. The maximum Gasteiger partial charge on any atom is 0.300 e. The van der Waals surface area contributed by atoms with Gasteiger partial charge in [0.05, 0.1) is 7.11 Å². The van der Waals surface area contributed by atoms with Crippen LogP contribution >= 0.6 is 0 Å². The van der Waals surface area contributed by atoms with Crippen LogP contribution in [0.25, 0.3) is 11.4 Å². The van der Waals surface area contributed by atoms with Crippen molar-refractivity contribution in [3.05, 3.63) is 30.7 Å². The smallest absolute Gasteiger partial charge is 0.300 e. The van der Waals surface area contributed by atoms with Crippen molar-refractivity contribution in [2.45, 2.75) is 38.6 Å². The first kappa shape index (κ1) is 18.9. The van der Waals surface area contributed by atoms with Crippen LogP contribution in [0.3, 0.4) is 0 Å². The molecule has 3 rings (SSSR count). The fourth-order valence-corrected chi connectivity index (χ4v) is 3.17. The van der Waals surface area contributed by atoms with Crippen molar-refractivity contribution in [1.29, 1.82) is 0 Å². The van der Waals surface area contributed by atoms with Crippen molar-refractivity contribution in [3.63, 3.8) is 0 Å². The lowest BCUT2D eigenvalue weighted by atomic mass is 9.86. The van der Waals surface area contributed by atoms with E-state index in [1.54, 1.807) is 13.3 Å². The molecule has 0 aliphatic heterocycles. The molecule has 2 aromatic heterocycles. The minimum atomic E-state index is -0.833. The molecule has 7 heteroatoms. The Balaban J connectivity index is 0.000000511. The molecule has 1 aliphatic carbocycles. The number of rotatable bonds is 4. The van der Waals surface area contributed by atoms with Crippen LogP contribution in [0, 0.1) is 5.92 Å². The second-order valence-corrected chi connectivity index (χ2v) is 6.13. The Kier molecular flexibility index (Phi) is 6.94.